The molecule has 0 spiro atoms. The fraction of sp³-hybridized carbons (Fsp3) is 0.0769. The van der Waals surface area contributed by atoms with Crippen LogP contribution in [-0.2, 0) is 6.61 Å². The molecule has 5 heteroatoms. The van der Waals surface area contributed by atoms with Crippen molar-refractivity contribution in [2.45, 2.75) is 6.61 Å². The van der Waals surface area contributed by atoms with E-state index in [2.05, 4.69) is 4.98 Å². The Labute approximate surface area is 116 Å². The van der Waals surface area contributed by atoms with Crippen molar-refractivity contribution in [3.05, 3.63) is 58.7 Å². The number of pyridine rings is 1. The Hall–Kier alpha value is -1.65. The van der Waals surface area contributed by atoms with Gasteiger partial charge in [-0.3, -0.25) is 0 Å². The van der Waals surface area contributed by atoms with Crippen LogP contribution in [0.25, 0.3) is 0 Å². The lowest BCUT2D eigenvalue weighted by atomic mass is 10.2. The largest absolute Gasteiger partial charge is 0.473 e. The predicted molar refractivity (Wildman–Crippen MR) is 75.9 cm³/mol. The summed E-state index contributed by atoms with van der Waals surface area (Å²) >= 11 is 10.7. The third-order valence-electron chi connectivity index (χ3n) is 2.30. The number of nitrogens with zero attached hydrogens (tertiary/aromatic N) is 1. The highest BCUT2D eigenvalue weighted by molar-refractivity contribution is 7.80. The molecule has 0 bridgehead atoms. The van der Waals surface area contributed by atoms with Crippen molar-refractivity contribution in [3.8, 4) is 5.88 Å². The molecule has 92 valence electrons. The van der Waals surface area contributed by atoms with Gasteiger partial charge in [0.2, 0.25) is 5.88 Å². The van der Waals surface area contributed by atoms with Gasteiger partial charge in [0.15, 0.2) is 0 Å². The van der Waals surface area contributed by atoms with Crippen molar-refractivity contribution in [2.75, 3.05) is 0 Å². The minimum absolute atomic E-state index is 0.323. The van der Waals surface area contributed by atoms with Gasteiger partial charge in [-0.1, -0.05) is 36.0 Å². The van der Waals surface area contributed by atoms with E-state index >= 15 is 0 Å². The second kappa shape index (κ2) is 5.80. The van der Waals surface area contributed by atoms with E-state index in [9.17, 15) is 0 Å². The molecule has 0 aliphatic rings. The second-order valence-corrected chi connectivity index (χ2v) is 4.54. The van der Waals surface area contributed by atoms with Crippen LogP contribution < -0.4 is 10.5 Å². The first-order valence-corrected chi connectivity index (χ1v) is 6.07. The Morgan fingerprint density at radius 3 is 2.78 bits per heavy atom. The number of aromatic nitrogens is 1. The molecule has 1 aromatic carbocycles. The van der Waals surface area contributed by atoms with Gasteiger partial charge in [-0.05, 0) is 23.8 Å². The Morgan fingerprint density at radius 2 is 2.17 bits per heavy atom. The van der Waals surface area contributed by atoms with Gasteiger partial charge in [0.25, 0.3) is 0 Å². The summed E-state index contributed by atoms with van der Waals surface area (Å²) in [5, 5.41) is 0.688. The topological polar surface area (TPSA) is 48.1 Å². The molecule has 0 radical (unpaired) electrons. The third-order valence-corrected chi connectivity index (χ3v) is 2.77. The highest BCUT2D eigenvalue weighted by Crippen LogP contribution is 2.14. The van der Waals surface area contributed by atoms with Crippen LogP contribution in [0.2, 0.25) is 5.02 Å². The molecule has 0 unspecified atom stereocenters. The van der Waals surface area contributed by atoms with Crippen molar-refractivity contribution < 1.29 is 4.74 Å². The van der Waals surface area contributed by atoms with E-state index < -0.39 is 0 Å². The maximum atomic E-state index is 5.88. The third kappa shape index (κ3) is 3.42. The lowest BCUT2D eigenvalue weighted by Gasteiger charge is -2.06. The molecule has 1 heterocycles. The zero-order valence-electron chi connectivity index (χ0n) is 9.47. The summed E-state index contributed by atoms with van der Waals surface area (Å²) in [6.07, 6.45) is 1.59. The van der Waals surface area contributed by atoms with Crippen LogP contribution in [0.15, 0.2) is 42.6 Å². The number of hydrogen-bond donors (Lipinski definition) is 1. The number of halogens is 1. The molecular weight excluding hydrogens is 268 g/mol. The maximum Gasteiger partial charge on any atom is 0.213 e. The van der Waals surface area contributed by atoms with E-state index in [0.29, 0.717) is 22.5 Å². The van der Waals surface area contributed by atoms with Crippen molar-refractivity contribution in [2.24, 2.45) is 5.73 Å². The molecule has 0 atom stereocenters. The number of nitrogens with two attached hydrogens (primary N) is 1. The lowest BCUT2D eigenvalue weighted by Crippen LogP contribution is -2.09. The van der Waals surface area contributed by atoms with Crippen LogP contribution in [0.3, 0.4) is 0 Å². The fourth-order valence-corrected chi connectivity index (χ4v) is 1.73. The van der Waals surface area contributed by atoms with Gasteiger partial charge >= 0.3 is 0 Å². The smallest absolute Gasteiger partial charge is 0.213 e. The highest BCUT2D eigenvalue weighted by atomic mass is 35.5. The average molecular weight is 279 g/mol. The summed E-state index contributed by atoms with van der Waals surface area (Å²) < 4.78 is 5.53. The number of hydrogen-bond acceptors (Lipinski definition) is 3. The zero-order chi connectivity index (χ0) is 13.0. The average Bonchev–Trinajstić information content (AvgIpc) is 2.37. The molecule has 3 nitrogen and oxygen atoms in total. The monoisotopic (exact) mass is 278 g/mol. The fourth-order valence-electron chi connectivity index (χ4n) is 1.40. The van der Waals surface area contributed by atoms with Gasteiger partial charge in [-0.2, -0.15) is 0 Å². The van der Waals surface area contributed by atoms with Crippen LogP contribution in [0.4, 0.5) is 0 Å². The molecule has 18 heavy (non-hydrogen) atoms. The maximum absolute atomic E-state index is 5.88. The lowest BCUT2D eigenvalue weighted by molar-refractivity contribution is 0.294. The summed E-state index contributed by atoms with van der Waals surface area (Å²) in [7, 11) is 0. The molecule has 2 N–H and O–H groups in total. The minimum Gasteiger partial charge on any atom is -0.473 e. The molecule has 2 aromatic rings. The Balaban J connectivity index is 2.00. The van der Waals surface area contributed by atoms with Gasteiger partial charge in [0, 0.05) is 22.8 Å². The van der Waals surface area contributed by atoms with E-state index in [-0.39, 0.29) is 0 Å². The van der Waals surface area contributed by atoms with Crippen LogP contribution in [0, 0.1) is 0 Å². The number of benzene rings is 1. The molecule has 0 amide bonds. The summed E-state index contributed by atoms with van der Waals surface area (Å²) in [5.41, 5.74) is 7.19. The Bertz CT molecular complexity index is 557. The first kappa shape index (κ1) is 12.8. The van der Waals surface area contributed by atoms with E-state index in [1.807, 2.05) is 24.3 Å². The number of thiocarbonyl (C=S) groups is 1. The van der Waals surface area contributed by atoms with Gasteiger partial charge in [-0.15, -0.1) is 0 Å². The van der Waals surface area contributed by atoms with Crippen LogP contribution >= 0.6 is 23.8 Å². The first-order chi connectivity index (χ1) is 8.65. The quantitative estimate of drug-likeness (QED) is 0.874. The molecule has 0 fully saturated rings. The number of rotatable bonds is 4. The normalized spacial score (nSPS) is 10.1. The Morgan fingerprint density at radius 1 is 1.33 bits per heavy atom. The van der Waals surface area contributed by atoms with Crippen molar-refractivity contribution in [3.63, 3.8) is 0 Å². The van der Waals surface area contributed by atoms with Gasteiger partial charge in [-0.25, -0.2) is 4.98 Å². The predicted octanol–water partition coefficient (Wildman–Crippen LogP) is 2.95. The minimum atomic E-state index is 0.323. The molecule has 1 aromatic heterocycles. The van der Waals surface area contributed by atoms with Gasteiger partial charge in [0.1, 0.15) is 11.6 Å². The first-order valence-electron chi connectivity index (χ1n) is 5.28. The highest BCUT2D eigenvalue weighted by Gasteiger charge is 2.00. The SMILES string of the molecule is NC(=S)c1ccc(OCc2cccc(Cl)c2)nc1. The Kier molecular flexibility index (Phi) is 4.12. The van der Waals surface area contributed by atoms with Crippen molar-refractivity contribution in [1.82, 2.24) is 4.98 Å². The molecule has 0 aliphatic heterocycles. The molecule has 2 rings (SSSR count). The zero-order valence-corrected chi connectivity index (χ0v) is 11.0. The molecule has 0 saturated heterocycles. The van der Waals surface area contributed by atoms with Crippen LogP contribution in [-0.4, -0.2) is 9.97 Å². The van der Waals surface area contributed by atoms with Crippen molar-refractivity contribution in [1.29, 1.82) is 0 Å². The van der Waals surface area contributed by atoms with E-state index in [1.165, 1.54) is 0 Å². The van der Waals surface area contributed by atoms with Gasteiger partial charge < -0.3 is 10.5 Å². The molecule has 0 aliphatic carbocycles. The van der Waals surface area contributed by atoms with E-state index in [1.54, 1.807) is 18.3 Å². The van der Waals surface area contributed by atoms with Gasteiger partial charge in [0.05, 0.1) is 0 Å². The van der Waals surface area contributed by atoms with Crippen molar-refractivity contribution >= 4 is 28.8 Å². The van der Waals surface area contributed by atoms with Crippen LogP contribution in [0.5, 0.6) is 5.88 Å². The second-order valence-electron chi connectivity index (χ2n) is 3.67. The summed E-state index contributed by atoms with van der Waals surface area (Å²) in [5.74, 6) is 0.523. The number of ether oxygens (including phenoxy) is 1. The molecule has 0 saturated carbocycles. The van der Waals surface area contributed by atoms with E-state index in [0.717, 1.165) is 11.1 Å². The van der Waals surface area contributed by atoms with Crippen LogP contribution in [0.1, 0.15) is 11.1 Å². The summed E-state index contributed by atoms with van der Waals surface area (Å²) in [4.78, 5) is 4.44. The summed E-state index contributed by atoms with van der Waals surface area (Å²) in [6, 6.07) is 11.0. The summed E-state index contributed by atoms with van der Waals surface area (Å²) in [6.45, 7) is 0.417. The van der Waals surface area contributed by atoms with E-state index in [4.69, 9.17) is 34.3 Å². The standard InChI is InChI=1S/C13H11ClN2OS/c14-11-3-1-2-9(6-11)8-17-12-5-4-10(7-16-12)13(15)18/h1-7H,8H2,(H2,15,18). The molecular formula is C13H11ClN2OS.